The molecule has 0 bridgehead atoms. The number of aryl methyl sites for hydroxylation is 1. The molecule has 170 valence electrons. The number of nitrogens with one attached hydrogen (secondary N) is 3. The molecule has 0 aliphatic rings. The molecule has 0 fully saturated rings. The molecule has 3 N–H and O–H groups in total. The van der Waals surface area contributed by atoms with Crippen molar-refractivity contribution in [3.63, 3.8) is 0 Å². The number of hydrogen-bond acceptors (Lipinski definition) is 6. The minimum atomic E-state index is -0.588. The highest BCUT2D eigenvalue weighted by Crippen LogP contribution is 2.22. The average Bonchev–Trinajstić information content (AvgIpc) is 3.24. The molecule has 0 aliphatic carbocycles. The molecule has 10 heteroatoms. The van der Waals surface area contributed by atoms with Gasteiger partial charge in [0.05, 0.1) is 4.92 Å². The predicted octanol–water partition coefficient (Wildman–Crippen LogP) is 5.03. The van der Waals surface area contributed by atoms with Crippen LogP contribution in [0.2, 0.25) is 0 Å². The molecule has 9 nitrogen and oxygen atoms in total. The molecular weight excluding hydrogens is 456 g/mol. The van der Waals surface area contributed by atoms with Crippen LogP contribution in [0.4, 0.5) is 17.1 Å². The topological polar surface area (TPSA) is 127 Å². The summed E-state index contributed by atoms with van der Waals surface area (Å²) >= 11 is 5.19. The second-order valence-electron chi connectivity index (χ2n) is 7.35. The zero-order valence-corrected chi connectivity index (χ0v) is 18.6. The van der Waals surface area contributed by atoms with E-state index in [1.807, 2.05) is 18.2 Å². The molecule has 1 heterocycles. The van der Waals surface area contributed by atoms with E-state index in [2.05, 4.69) is 16.0 Å². The summed E-state index contributed by atoms with van der Waals surface area (Å²) in [4.78, 5) is 35.6. The number of benzene rings is 3. The van der Waals surface area contributed by atoms with Crippen molar-refractivity contribution in [2.45, 2.75) is 6.92 Å². The number of carbonyl (C=O) groups is 2. The molecule has 2 amide bonds. The van der Waals surface area contributed by atoms with Crippen molar-refractivity contribution < 1.29 is 18.9 Å². The van der Waals surface area contributed by atoms with Gasteiger partial charge < -0.3 is 15.1 Å². The first-order valence-corrected chi connectivity index (χ1v) is 10.5. The summed E-state index contributed by atoms with van der Waals surface area (Å²) in [7, 11) is 0. The Bertz CT molecular complexity index is 1410. The van der Waals surface area contributed by atoms with Gasteiger partial charge in [0.1, 0.15) is 5.58 Å². The van der Waals surface area contributed by atoms with Crippen LogP contribution in [0.3, 0.4) is 0 Å². The molecule has 1 aromatic heterocycles. The van der Waals surface area contributed by atoms with Gasteiger partial charge in [0.25, 0.3) is 17.5 Å². The third-order valence-corrected chi connectivity index (χ3v) is 5.13. The van der Waals surface area contributed by atoms with Crippen LogP contribution in [0.5, 0.6) is 0 Å². The van der Waals surface area contributed by atoms with Crippen LogP contribution in [0, 0.1) is 17.0 Å². The first-order valence-electron chi connectivity index (χ1n) is 10.1. The van der Waals surface area contributed by atoms with Gasteiger partial charge in [-0.3, -0.25) is 25.0 Å². The second kappa shape index (κ2) is 9.51. The van der Waals surface area contributed by atoms with E-state index >= 15 is 0 Å². The number of nitrogens with zero attached hydrogens (tertiary/aromatic N) is 1. The smallest absolute Gasteiger partial charge is 0.291 e. The summed E-state index contributed by atoms with van der Waals surface area (Å²) in [6.07, 6.45) is 0. The van der Waals surface area contributed by atoms with Crippen molar-refractivity contribution in [2.75, 3.05) is 10.6 Å². The van der Waals surface area contributed by atoms with E-state index in [-0.39, 0.29) is 22.1 Å². The third-order valence-electron chi connectivity index (χ3n) is 4.92. The van der Waals surface area contributed by atoms with Crippen molar-refractivity contribution in [3.05, 3.63) is 99.8 Å². The Morgan fingerprint density at radius 3 is 2.38 bits per heavy atom. The maximum Gasteiger partial charge on any atom is 0.291 e. The molecule has 0 aliphatic heterocycles. The number of thiocarbonyl (C=S) groups is 1. The van der Waals surface area contributed by atoms with Crippen LogP contribution >= 0.6 is 12.2 Å². The molecule has 0 unspecified atom stereocenters. The number of anilines is 2. The van der Waals surface area contributed by atoms with Crippen LogP contribution in [0.15, 0.2) is 77.2 Å². The van der Waals surface area contributed by atoms with Crippen LogP contribution in [0.25, 0.3) is 11.0 Å². The number of rotatable bonds is 5. The van der Waals surface area contributed by atoms with Crippen LogP contribution in [0.1, 0.15) is 26.5 Å². The zero-order chi connectivity index (χ0) is 24.2. The second-order valence-corrected chi connectivity index (χ2v) is 7.76. The highest BCUT2D eigenvalue weighted by atomic mass is 32.1. The minimum absolute atomic E-state index is 0.00557. The quantitative estimate of drug-likeness (QED) is 0.210. The molecule has 34 heavy (non-hydrogen) atoms. The molecule has 0 saturated carbocycles. The first-order chi connectivity index (χ1) is 16.3. The number of furan rings is 1. The van der Waals surface area contributed by atoms with Crippen molar-refractivity contribution >= 4 is 57.2 Å². The van der Waals surface area contributed by atoms with E-state index in [1.54, 1.807) is 43.3 Å². The fraction of sp³-hybridized carbons (Fsp3) is 0.0417. The molecular formula is C24H18N4O5S. The van der Waals surface area contributed by atoms with Crippen LogP contribution < -0.4 is 16.0 Å². The van der Waals surface area contributed by atoms with Gasteiger partial charge >= 0.3 is 0 Å². The highest BCUT2D eigenvalue weighted by Gasteiger charge is 2.16. The molecule has 3 aromatic carbocycles. The van der Waals surface area contributed by atoms with Crippen molar-refractivity contribution in [1.82, 2.24) is 5.32 Å². The van der Waals surface area contributed by atoms with E-state index in [9.17, 15) is 19.7 Å². The Hall–Kier alpha value is -4.57. The number of para-hydroxylation sites is 1. The summed E-state index contributed by atoms with van der Waals surface area (Å²) in [6.45, 7) is 1.59. The number of carbonyl (C=O) groups excluding carboxylic acids is 2. The summed E-state index contributed by atoms with van der Waals surface area (Å²) < 4.78 is 5.58. The lowest BCUT2D eigenvalue weighted by molar-refractivity contribution is -0.385. The van der Waals surface area contributed by atoms with Gasteiger partial charge in [-0.2, -0.15) is 0 Å². The fourth-order valence-electron chi connectivity index (χ4n) is 3.25. The molecule has 4 rings (SSSR count). The van der Waals surface area contributed by atoms with E-state index < -0.39 is 16.7 Å². The lowest BCUT2D eigenvalue weighted by Crippen LogP contribution is -2.34. The SMILES string of the molecule is Cc1ccc(C(=O)NC(=S)Nc2cccc(NC(=O)c3cc4ccccc4o3)c2)cc1[N+](=O)[O-]. The monoisotopic (exact) mass is 474 g/mol. The lowest BCUT2D eigenvalue weighted by Gasteiger charge is -2.11. The number of nitro benzene ring substituents is 1. The predicted molar refractivity (Wildman–Crippen MR) is 132 cm³/mol. The third kappa shape index (κ3) is 5.08. The Morgan fingerprint density at radius 1 is 0.912 bits per heavy atom. The maximum atomic E-state index is 12.6. The minimum Gasteiger partial charge on any atom is -0.451 e. The van der Waals surface area contributed by atoms with Gasteiger partial charge in [0.2, 0.25) is 0 Å². The van der Waals surface area contributed by atoms with Gasteiger partial charge in [-0.15, -0.1) is 0 Å². The fourth-order valence-corrected chi connectivity index (χ4v) is 3.46. The van der Waals surface area contributed by atoms with Crippen molar-refractivity contribution in [3.8, 4) is 0 Å². The molecule has 0 radical (unpaired) electrons. The molecule has 0 spiro atoms. The zero-order valence-electron chi connectivity index (χ0n) is 17.8. The van der Waals surface area contributed by atoms with E-state index in [0.29, 0.717) is 22.5 Å². The number of fused-ring (bicyclic) bond motifs is 1. The van der Waals surface area contributed by atoms with Gasteiger partial charge in [0, 0.05) is 34.0 Å². The maximum absolute atomic E-state index is 12.6. The average molecular weight is 474 g/mol. The van der Waals surface area contributed by atoms with Crippen LogP contribution in [-0.4, -0.2) is 21.9 Å². The number of hydrogen-bond donors (Lipinski definition) is 3. The van der Waals surface area contributed by atoms with E-state index in [0.717, 1.165) is 5.39 Å². The van der Waals surface area contributed by atoms with Gasteiger partial charge in [-0.1, -0.05) is 30.3 Å². The van der Waals surface area contributed by atoms with Crippen molar-refractivity contribution in [1.29, 1.82) is 0 Å². The van der Waals surface area contributed by atoms with Crippen LogP contribution in [-0.2, 0) is 0 Å². The summed E-state index contributed by atoms with van der Waals surface area (Å²) in [5.41, 5.74) is 2.01. The summed E-state index contributed by atoms with van der Waals surface area (Å²) in [5, 5.41) is 20.0. The standard InChI is InChI=1S/C24H18N4O5S/c1-14-9-10-16(11-19(14)28(31)32)22(29)27-24(34)26-18-7-4-6-17(13-18)25-23(30)21-12-15-5-2-3-8-20(15)33-21/h2-13H,1H3,(H,25,30)(H2,26,27,29,34). The normalized spacial score (nSPS) is 10.5. The van der Waals surface area contributed by atoms with Crippen molar-refractivity contribution in [2.24, 2.45) is 0 Å². The first kappa shape index (κ1) is 22.6. The lowest BCUT2D eigenvalue weighted by atomic mass is 10.1. The highest BCUT2D eigenvalue weighted by molar-refractivity contribution is 7.80. The largest absolute Gasteiger partial charge is 0.451 e. The summed E-state index contributed by atoms with van der Waals surface area (Å²) in [5.74, 6) is -0.824. The Kier molecular flexibility index (Phi) is 6.33. The number of amides is 2. The van der Waals surface area contributed by atoms with Gasteiger partial charge in [-0.05, 0) is 55.5 Å². The van der Waals surface area contributed by atoms with Gasteiger partial charge in [-0.25, -0.2) is 0 Å². The number of nitro groups is 1. The molecule has 0 atom stereocenters. The van der Waals surface area contributed by atoms with E-state index in [4.69, 9.17) is 16.6 Å². The Morgan fingerprint density at radius 2 is 1.65 bits per heavy atom. The van der Waals surface area contributed by atoms with Gasteiger partial charge in [0.15, 0.2) is 10.9 Å². The molecule has 0 saturated heterocycles. The Balaban J connectivity index is 1.40. The Labute approximate surface area is 198 Å². The summed E-state index contributed by atoms with van der Waals surface area (Å²) in [6, 6.07) is 19.9. The molecule has 4 aromatic rings. The van der Waals surface area contributed by atoms with E-state index in [1.165, 1.54) is 18.2 Å².